The highest BCUT2D eigenvalue weighted by molar-refractivity contribution is 7.18. The second kappa shape index (κ2) is 6.69. The largest absolute Gasteiger partial charge is 0.241 e. The molecule has 0 fully saturated rings. The first-order valence-corrected chi connectivity index (χ1v) is 9.97. The van der Waals surface area contributed by atoms with Crippen LogP contribution in [0.3, 0.4) is 0 Å². The third-order valence-corrected chi connectivity index (χ3v) is 6.00. The minimum atomic E-state index is 0.871. The summed E-state index contributed by atoms with van der Waals surface area (Å²) in [5, 5.41) is 5.66. The van der Waals surface area contributed by atoms with Gasteiger partial charge in [0, 0.05) is 17.3 Å². The maximum Gasteiger partial charge on any atom is 0.163 e. The molecule has 0 atom stereocenters. The maximum atomic E-state index is 4.98. The van der Waals surface area contributed by atoms with Gasteiger partial charge in [-0.2, -0.15) is 5.10 Å². The van der Waals surface area contributed by atoms with Gasteiger partial charge in [-0.15, -0.1) is 11.3 Å². The van der Waals surface area contributed by atoms with E-state index in [1.807, 2.05) is 67.0 Å². The number of aryl methyl sites for hydroxylation is 2. The third kappa shape index (κ3) is 2.80. The number of thiazole rings is 1. The fourth-order valence-corrected chi connectivity index (χ4v) is 4.49. The number of hydrogen-bond donors (Lipinski definition) is 0. The fourth-order valence-electron chi connectivity index (χ4n) is 3.45. The Labute approximate surface area is 167 Å². The van der Waals surface area contributed by atoms with Crippen LogP contribution in [0.15, 0.2) is 72.9 Å². The van der Waals surface area contributed by atoms with Crippen molar-refractivity contribution >= 4 is 17.0 Å². The third-order valence-electron chi connectivity index (χ3n) is 4.77. The van der Waals surface area contributed by atoms with E-state index in [0.717, 1.165) is 49.3 Å². The summed E-state index contributed by atoms with van der Waals surface area (Å²) in [5.41, 5.74) is 7.11. The van der Waals surface area contributed by atoms with Crippen LogP contribution in [0.5, 0.6) is 0 Å². The number of aromatic nitrogens is 4. The Morgan fingerprint density at radius 2 is 1.43 bits per heavy atom. The van der Waals surface area contributed by atoms with Crippen molar-refractivity contribution in [1.82, 2.24) is 19.6 Å². The lowest BCUT2D eigenvalue weighted by molar-refractivity contribution is 0.918. The van der Waals surface area contributed by atoms with Crippen LogP contribution in [0.25, 0.3) is 37.9 Å². The molecule has 4 nitrogen and oxygen atoms in total. The second-order valence-electron chi connectivity index (χ2n) is 6.71. The molecule has 0 N–H and O–H groups in total. The molecule has 2 aromatic carbocycles. The molecule has 0 bridgehead atoms. The number of rotatable bonds is 3. The van der Waals surface area contributed by atoms with E-state index in [4.69, 9.17) is 9.97 Å². The molecule has 0 aliphatic rings. The molecule has 3 aromatic heterocycles. The standard InChI is InChI=1S/C23H18N4S/c1-15-20(17-9-5-3-6-10-17)22-25-19(13-14-27(22)26-15)21-16(2)24-23(28-21)18-11-7-4-8-12-18/h3-14H,1-2H3. The lowest BCUT2D eigenvalue weighted by atomic mass is 10.1. The van der Waals surface area contributed by atoms with Crippen molar-refractivity contribution in [2.24, 2.45) is 0 Å². The fraction of sp³-hybridized carbons (Fsp3) is 0.0870. The summed E-state index contributed by atoms with van der Waals surface area (Å²) in [6.45, 7) is 4.08. The highest BCUT2D eigenvalue weighted by atomic mass is 32.1. The highest BCUT2D eigenvalue weighted by Crippen LogP contribution is 2.35. The van der Waals surface area contributed by atoms with Gasteiger partial charge in [0.15, 0.2) is 5.65 Å². The van der Waals surface area contributed by atoms with Crippen LogP contribution in [0.2, 0.25) is 0 Å². The van der Waals surface area contributed by atoms with Crippen LogP contribution in [0, 0.1) is 13.8 Å². The average molecular weight is 382 g/mol. The Morgan fingerprint density at radius 1 is 0.750 bits per heavy atom. The van der Waals surface area contributed by atoms with Crippen molar-refractivity contribution in [3.05, 3.63) is 84.3 Å². The van der Waals surface area contributed by atoms with Gasteiger partial charge in [-0.25, -0.2) is 14.5 Å². The molecule has 0 amide bonds. The Bertz CT molecular complexity index is 1270. The molecule has 0 spiro atoms. The van der Waals surface area contributed by atoms with E-state index in [0.29, 0.717) is 0 Å². The van der Waals surface area contributed by atoms with Crippen molar-refractivity contribution in [1.29, 1.82) is 0 Å². The van der Waals surface area contributed by atoms with E-state index in [1.165, 1.54) is 0 Å². The van der Waals surface area contributed by atoms with Gasteiger partial charge < -0.3 is 0 Å². The quantitative estimate of drug-likeness (QED) is 0.396. The first kappa shape index (κ1) is 16.8. The van der Waals surface area contributed by atoms with E-state index in [-0.39, 0.29) is 0 Å². The van der Waals surface area contributed by atoms with Gasteiger partial charge >= 0.3 is 0 Å². The van der Waals surface area contributed by atoms with E-state index in [2.05, 4.69) is 29.4 Å². The normalized spacial score (nSPS) is 11.2. The van der Waals surface area contributed by atoms with E-state index >= 15 is 0 Å². The monoisotopic (exact) mass is 382 g/mol. The molecule has 0 saturated carbocycles. The Morgan fingerprint density at radius 3 is 2.14 bits per heavy atom. The Balaban J connectivity index is 1.66. The first-order chi connectivity index (χ1) is 13.7. The van der Waals surface area contributed by atoms with Crippen LogP contribution < -0.4 is 0 Å². The minimum absolute atomic E-state index is 0.871. The van der Waals surface area contributed by atoms with Crippen molar-refractivity contribution < 1.29 is 0 Å². The van der Waals surface area contributed by atoms with Gasteiger partial charge in [-0.05, 0) is 25.5 Å². The molecule has 5 rings (SSSR count). The summed E-state index contributed by atoms with van der Waals surface area (Å²) in [4.78, 5) is 10.9. The highest BCUT2D eigenvalue weighted by Gasteiger charge is 2.17. The van der Waals surface area contributed by atoms with Crippen LogP contribution in [-0.2, 0) is 0 Å². The number of benzene rings is 2. The van der Waals surface area contributed by atoms with Crippen molar-refractivity contribution in [3.63, 3.8) is 0 Å². The van der Waals surface area contributed by atoms with Gasteiger partial charge in [-0.1, -0.05) is 60.7 Å². The van der Waals surface area contributed by atoms with Crippen molar-refractivity contribution in [3.8, 4) is 32.3 Å². The summed E-state index contributed by atoms with van der Waals surface area (Å²) in [6, 6.07) is 22.6. The molecule has 28 heavy (non-hydrogen) atoms. The smallest absolute Gasteiger partial charge is 0.163 e. The molecule has 5 aromatic rings. The number of hydrogen-bond acceptors (Lipinski definition) is 4. The summed E-state index contributed by atoms with van der Waals surface area (Å²) in [6.07, 6.45) is 1.98. The summed E-state index contributed by atoms with van der Waals surface area (Å²) >= 11 is 1.68. The Kier molecular flexibility index (Phi) is 4.02. The van der Waals surface area contributed by atoms with Gasteiger partial charge in [0.1, 0.15) is 5.01 Å². The summed E-state index contributed by atoms with van der Waals surface area (Å²) in [7, 11) is 0. The Hall–Kier alpha value is -3.31. The zero-order valence-corrected chi connectivity index (χ0v) is 16.4. The lowest BCUT2D eigenvalue weighted by Gasteiger charge is -2.02. The predicted molar refractivity (Wildman–Crippen MR) is 114 cm³/mol. The molecule has 0 aliphatic heterocycles. The maximum absolute atomic E-state index is 4.98. The molecule has 136 valence electrons. The number of fused-ring (bicyclic) bond motifs is 1. The zero-order chi connectivity index (χ0) is 19.1. The van der Waals surface area contributed by atoms with Crippen LogP contribution in [0.4, 0.5) is 0 Å². The minimum Gasteiger partial charge on any atom is -0.241 e. The van der Waals surface area contributed by atoms with Gasteiger partial charge in [0.05, 0.1) is 22.0 Å². The van der Waals surface area contributed by atoms with Crippen LogP contribution in [0.1, 0.15) is 11.4 Å². The second-order valence-corrected chi connectivity index (χ2v) is 7.71. The molecular formula is C23H18N4S. The summed E-state index contributed by atoms with van der Waals surface area (Å²) < 4.78 is 1.86. The molecular weight excluding hydrogens is 364 g/mol. The van der Waals surface area contributed by atoms with E-state index < -0.39 is 0 Å². The lowest BCUT2D eigenvalue weighted by Crippen LogP contribution is -1.92. The molecule has 3 heterocycles. The predicted octanol–water partition coefficient (Wildman–Crippen LogP) is 5.80. The van der Waals surface area contributed by atoms with Crippen molar-refractivity contribution in [2.75, 3.05) is 0 Å². The molecule has 0 radical (unpaired) electrons. The molecule has 5 heteroatoms. The number of nitrogens with zero attached hydrogens (tertiary/aromatic N) is 4. The van der Waals surface area contributed by atoms with Gasteiger partial charge in [0.25, 0.3) is 0 Å². The summed E-state index contributed by atoms with van der Waals surface area (Å²) in [5.74, 6) is 0. The molecule has 0 saturated heterocycles. The average Bonchev–Trinajstić information content (AvgIpc) is 3.28. The molecule has 0 unspecified atom stereocenters. The van der Waals surface area contributed by atoms with Gasteiger partial charge in [0.2, 0.25) is 0 Å². The first-order valence-electron chi connectivity index (χ1n) is 9.15. The van der Waals surface area contributed by atoms with E-state index in [1.54, 1.807) is 11.3 Å². The van der Waals surface area contributed by atoms with Gasteiger partial charge in [-0.3, -0.25) is 0 Å². The van der Waals surface area contributed by atoms with Crippen molar-refractivity contribution in [2.45, 2.75) is 13.8 Å². The van der Waals surface area contributed by atoms with Crippen LogP contribution in [-0.4, -0.2) is 19.6 Å². The van der Waals surface area contributed by atoms with Crippen LogP contribution >= 0.6 is 11.3 Å². The SMILES string of the molecule is Cc1nc(-c2ccccc2)sc1-c1ccn2nc(C)c(-c3ccccc3)c2n1. The van der Waals surface area contributed by atoms with E-state index in [9.17, 15) is 0 Å². The molecule has 0 aliphatic carbocycles. The topological polar surface area (TPSA) is 43.1 Å². The zero-order valence-electron chi connectivity index (χ0n) is 15.6.